The van der Waals surface area contributed by atoms with Crippen molar-refractivity contribution in [1.82, 2.24) is 0 Å². The highest BCUT2D eigenvalue weighted by molar-refractivity contribution is 9.10. The average Bonchev–Trinajstić information content (AvgIpc) is 2.77. The number of aldehydes is 2. The maximum Gasteiger partial charge on any atom is 0.350 e. The number of halogens is 1. The second-order valence-corrected chi connectivity index (χ2v) is 14.4. The number of ether oxygens (including phenoxy) is 3. The summed E-state index contributed by atoms with van der Waals surface area (Å²) in [6.07, 6.45) is 1.34. The quantitative estimate of drug-likeness (QED) is 0.190. The maximum absolute atomic E-state index is 12.1. The Morgan fingerprint density at radius 1 is 0.714 bits per heavy atom. The van der Waals surface area contributed by atoms with E-state index in [1.807, 2.05) is 40.7 Å². The van der Waals surface area contributed by atoms with Gasteiger partial charge in [0.2, 0.25) is 0 Å². The van der Waals surface area contributed by atoms with Crippen LogP contribution in [0.4, 0.5) is 0 Å². The molecule has 9 heteroatoms. The number of alkyl halides is 1. The molecule has 0 fully saturated rings. The number of rotatable bonds is 6. The van der Waals surface area contributed by atoms with Crippen LogP contribution in [0.3, 0.4) is 0 Å². The van der Waals surface area contributed by atoms with Gasteiger partial charge < -0.3 is 19.3 Å². The Bertz CT molecular complexity index is 1200. The lowest BCUT2D eigenvalue weighted by atomic mass is 10.1. The summed E-state index contributed by atoms with van der Waals surface area (Å²) >= 11 is 3.22. The van der Waals surface area contributed by atoms with Crippen molar-refractivity contribution >= 4 is 40.4 Å². The highest BCUT2D eigenvalue weighted by Crippen LogP contribution is 2.26. The van der Waals surface area contributed by atoms with Crippen LogP contribution in [0.25, 0.3) is 0 Å². The molecule has 0 amide bonds. The Kier molecular flexibility index (Phi) is 16.0. The van der Waals surface area contributed by atoms with Crippen LogP contribution in [0, 0.1) is 13.8 Å². The first-order valence-electron chi connectivity index (χ1n) is 13.1. The first-order chi connectivity index (χ1) is 18.4. The molecule has 8 nitrogen and oxygen atoms in total. The summed E-state index contributed by atoms with van der Waals surface area (Å²) in [6, 6.07) is 10.2. The summed E-state index contributed by atoms with van der Waals surface area (Å²) < 4.78 is 15.6. The first-order valence-corrected chi connectivity index (χ1v) is 13.9. The predicted molar refractivity (Wildman–Crippen MR) is 171 cm³/mol. The molecule has 0 aliphatic rings. The summed E-state index contributed by atoms with van der Waals surface area (Å²) in [4.78, 5) is 44.6. The van der Waals surface area contributed by atoms with Gasteiger partial charge in [-0.25, -0.2) is 4.79 Å². The van der Waals surface area contributed by atoms with Crippen molar-refractivity contribution < 1.29 is 38.5 Å². The van der Waals surface area contributed by atoms with E-state index in [-0.39, 0.29) is 19.1 Å². The number of phenolic OH excluding ortho intramolecular Hbond substituents is 1. The highest BCUT2D eigenvalue weighted by atomic mass is 79.9. The van der Waals surface area contributed by atoms with Crippen molar-refractivity contribution in [3.8, 4) is 11.5 Å². The van der Waals surface area contributed by atoms with Gasteiger partial charge in [-0.1, -0.05) is 35.5 Å². The minimum absolute atomic E-state index is 0. The van der Waals surface area contributed by atoms with Crippen LogP contribution in [-0.4, -0.2) is 50.7 Å². The standard InChI is InChI=1S/C16H22O4.C8H15BrO2.C8H8O2.CH4/c1-11-7-8-12(10-17)13(9-11)19-16(5,6)14(18)20-15(2,3)4;1-7(2,3)11-6(10)8(4,5)9;1-6-2-3-7(5-9)8(10)4-6;/h7-10H,1-6H3;1-5H3;2-5,10H,1H3;1H4. The van der Waals surface area contributed by atoms with Crippen LogP contribution < -0.4 is 4.74 Å². The molecule has 0 radical (unpaired) electrons. The number of carbonyl (C=O) groups is 4. The van der Waals surface area contributed by atoms with E-state index in [0.717, 1.165) is 11.1 Å². The molecule has 2 aromatic rings. The molecule has 2 aromatic carbocycles. The molecule has 0 saturated carbocycles. The topological polar surface area (TPSA) is 116 Å². The lowest BCUT2D eigenvalue weighted by molar-refractivity contribution is -0.171. The predicted octanol–water partition coefficient (Wildman–Crippen LogP) is 7.96. The molecule has 0 bridgehead atoms. The second-order valence-electron chi connectivity index (χ2n) is 12.4. The summed E-state index contributed by atoms with van der Waals surface area (Å²) in [5, 5.41) is 9.06. The van der Waals surface area contributed by atoms with E-state index in [4.69, 9.17) is 19.3 Å². The first kappa shape index (κ1) is 40.9. The summed E-state index contributed by atoms with van der Waals surface area (Å²) in [5.74, 6) is -0.265. The zero-order chi connectivity index (χ0) is 32.4. The van der Waals surface area contributed by atoms with Crippen LogP contribution in [-0.2, 0) is 19.1 Å². The summed E-state index contributed by atoms with van der Waals surface area (Å²) in [6.45, 7) is 21.5. The van der Waals surface area contributed by atoms with Crippen molar-refractivity contribution in [1.29, 1.82) is 0 Å². The smallest absolute Gasteiger partial charge is 0.350 e. The Morgan fingerprint density at radius 2 is 1.12 bits per heavy atom. The van der Waals surface area contributed by atoms with E-state index in [9.17, 15) is 19.2 Å². The monoisotopic (exact) mass is 652 g/mol. The van der Waals surface area contributed by atoms with E-state index < -0.39 is 27.1 Å². The van der Waals surface area contributed by atoms with Crippen LogP contribution in [0.1, 0.15) is 109 Å². The Hall–Kier alpha value is -3.20. The molecule has 1 N–H and O–H groups in total. The molecule has 0 aliphatic heterocycles. The van der Waals surface area contributed by atoms with Gasteiger partial charge in [0.15, 0.2) is 18.2 Å². The highest BCUT2D eigenvalue weighted by Gasteiger charge is 2.35. The number of hydrogen-bond acceptors (Lipinski definition) is 8. The van der Waals surface area contributed by atoms with Crippen molar-refractivity contribution in [2.24, 2.45) is 0 Å². The van der Waals surface area contributed by atoms with E-state index in [1.165, 1.54) is 0 Å². The Morgan fingerprint density at radius 3 is 1.48 bits per heavy atom. The number of esters is 2. The molecule has 0 spiro atoms. The third-order valence-electron chi connectivity index (χ3n) is 4.75. The van der Waals surface area contributed by atoms with Crippen LogP contribution in [0.15, 0.2) is 36.4 Å². The third kappa shape index (κ3) is 16.3. The molecule has 0 saturated heterocycles. The SMILES string of the molecule is C.CC(C)(C)OC(=O)C(C)(C)Br.Cc1ccc(C=O)c(O)c1.Cc1ccc(C=O)c(OC(C)(C)C(=O)OC(C)(C)C)c1. The van der Waals surface area contributed by atoms with Gasteiger partial charge in [-0.05, 0) is 118 Å². The molecule has 42 heavy (non-hydrogen) atoms. The van der Waals surface area contributed by atoms with E-state index in [0.29, 0.717) is 29.4 Å². The number of aromatic hydroxyl groups is 1. The normalized spacial score (nSPS) is 11.3. The molecule has 0 atom stereocenters. The fraction of sp³-hybridized carbons (Fsp3) is 0.515. The maximum atomic E-state index is 12.1. The molecule has 0 unspecified atom stereocenters. The van der Waals surface area contributed by atoms with E-state index in [2.05, 4.69) is 15.9 Å². The molecular weight excluding hydrogens is 604 g/mol. The zero-order valence-electron chi connectivity index (χ0n) is 26.3. The van der Waals surface area contributed by atoms with Gasteiger partial charge in [0, 0.05) is 0 Å². The van der Waals surface area contributed by atoms with Gasteiger partial charge >= 0.3 is 11.9 Å². The Balaban J connectivity index is 0. The van der Waals surface area contributed by atoms with Gasteiger partial charge in [0.1, 0.15) is 27.0 Å². The van der Waals surface area contributed by atoms with Crippen molar-refractivity contribution in [3.63, 3.8) is 0 Å². The molecule has 236 valence electrons. The van der Waals surface area contributed by atoms with Crippen LogP contribution in [0.2, 0.25) is 0 Å². The van der Waals surface area contributed by atoms with Gasteiger partial charge in [0.25, 0.3) is 0 Å². The average molecular weight is 654 g/mol. The molecule has 0 aromatic heterocycles. The van der Waals surface area contributed by atoms with Crippen molar-refractivity contribution in [3.05, 3.63) is 58.7 Å². The minimum Gasteiger partial charge on any atom is -0.507 e. The second kappa shape index (κ2) is 16.4. The van der Waals surface area contributed by atoms with E-state index >= 15 is 0 Å². The van der Waals surface area contributed by atoms with Gasteiger partial charge in [0.05, 0.1) is 11.1 Å². The molecule has 2 rings (SSSR count). The molecule has 0 aliphatic carbocycles. The van der Waals surface area contributed by atoms with E-state index in [1.54, 1.807) is 78.8 Å². The fourth-order valence-corrected chi connectivity index (χ4v) is 2.78. The van der Waals surface area contributed by atoms with Gasteiger partial charge in [-0.3, -0.25) is 14.4 Å². The van der Waals surface area contributed by atoms with Gasteiger partial charge in [-0.15, -0.1) is 0 Å². The van der Waals surface area contributed by atoms with Crippen molar-refractivity contribution in [2.45, 2.75) is 112 Å². The lowest BCUT2D eigenvalue weighted by Gasteiger charge is -2.29. The van der Waals surface area contributed by atoms with Crippen LogP contribution in [0.5, 0.6) is 11.5 Å². The van der Waals surface area contributed by atoms with Gasteiger partial charge in [-0.2, -0.15) is 0 Å². The lowest BCUT2D eigenvalue weighted by Crippen LogP contribution is -2.43. The minimum atomic E-state index is -1.17. The Labute approximate surface area is 260 Å². The number of phenols is 1. The largest absolute Gasteiger partial charge is 0.507 e. The number of benzene rings is 2. The molecule has 0 heterocycles. The van der Waals surface area contributed by atoms with Crippen LogP contribution >= 0.6 is 15.9 Å². The fourth-order valence-electron chi connectivity index (χ4n) is 2.70. The molecular formula is C33H49BrO8. The summed E-state index contributed by atoms with van der Waals surface area (Å²) in [7, 11) is 0. The summed E-state index contributed by atoms with van der Waals surface area (Å²) in [5.41, 5.74) is 0.491. The third-order valence-corrected chi connectivity index (χ3v) is 5.07. The number of carbonyl (C=O) groups excluding carboxylic acids is 4. The number of hydrogen-bond donors (Lipinski definition) is 1. The number of aryl methyl sites for hydroxylation is 2. The van der Waals surface area contributed by atoms with Crippen molar-refractivity contribution in [2.75, 3.05) is 0 Å². The zero-order valence-corrected chi connectivity index (χ0v) is 27.9.